The van der Waals surface area contributed by atoms with Crippen molar-refractivity contribution in [3.05, 3.63) is 64.7 Å². The highest BCUT2D eigenvalue weighted by Crippen LogP contribution is 2.64. The molecule has 0 bridgehead atoms. The standard InChI is InChI=1S/C20H22ClNO4S/c1-3-26-19(23)20(12-22)17(14-5-4-6-15(21)11-14)18(20)27(24,25)16-9-7-13(2)8-10-16/h4-11,17-18H,3,12,22H2,1-2H3/t17-,18-,20-/m0/s1. The molecule has 1 saturated carbocycles. The van der Waals surface area contributed by atoms with Gasteiger partial charge in [0.15, 0.2) is 9.84 Å². The molecule has 2 aromatic rings. The number of benzene rings is 2. The minimum absolute atomic E-state index is 0.126. The van der Waals surface area contributed by atoms with Gasteiger partial charge in [-0.15, -0.1) is 0 Å². The molecule has 7 heteroatoms. The van der Waals surface area contributed by atoms with E-state index in [1.165, 1.54) is 0 Å². The molecule has 0 spiro atoms. The predicted octanol–water partition coefficient (Wildman–Crippen LogP) is 3.10. The van der Waals surface area contributed by atoms with Crippen LogP contribution in [0.3, 0.4) is 0 Å². The van der Waals surface area contributed by atoms with Crippen molar-refractivity contribution in [1.29, 1.82) is 0 Å². The fourth-order valence-corrected chi connectivity index (χ4v) is 6.32. The minimum atomic E-state index is -3.80. The minimum Gasteiger partial charge on any atom is -0.465 e. The van der Waals surface area contributed by atoms with Crippen molar-refractivity contribution in [2.75, 3.05) is 13.2 Å². The zero-order valence-electron chi connectivity index (χ0n) is 15.2. The largest absolute Gasteiger partial charge is 0.465 e. The quantitative estimate of drug-likeness (QED) is 0.743. The summed E-state index contributed by atoms with van der Waals surface area (Å²) >= 11 is 6.09. The molecular formula is C20H22ClNO4S. The van der Waals surface area contributed by atoms with Gasteiger partial charge in [-0.1, -0.05) is 41.4 Å². The first-order valence-electron chi connectivity index (χ1n) is 8.72. The smallest absolute Gasteiger partial charge is 0.315 e. The Hall–Kier alpha value is -1.89. The van der Waals surface area contributed by atoms with Gasteiger partial charge in [0, 0.05) is 17.5 Å². The average molecular weight is 408 g/mol. The lowest BCUT2D eigenvalue weighted by molar-refractivity contribution is -0.149. The van der Waals surface area contributed by atoms with Crippen molar-refractivity contribution < 1.29 is 17.9 Å². The fourth-order valence-electron chi connectivity index (χ4n) is 3.74. The Bertz CT molecular complexity index is 958. The molecule has 0 aliphatic heterocycles. The van der Waals surface area contributed by atoms with E-state index in [2.05, 4.69) is 0 Å². The Kier molecular flexibility index (Phi) is 5.34. The van der Waals surface area contributed by atoms with Crippen LogP contribution in [0.4, 0.5) is 0 Å². The van der Waals surface area contributed by atoms with Crippen LogP contribution in [0.5, 0.6) is 0 Å². The maximum atomic E-state index is 13.4. The number of rotatable bonds is 6. The predicted molar refractivity (Wildman–Crippen MR) is 104 cm³/mol. The maximum Gasteiger partial charge on any atom is 0.315 e. The molecule has 0 unspecified atom stereocenters. The second-order valence-electron chi connectivity index (χ2n) is 6.78. The number of esters is 1. The normalized spacial score (nSPS) is 24.4. The summed E-state index contributed by atoms with van der Waals surface area (Å²) in [5.41, 5.74) is 6.26. The van der Waals surface area contributed by atoms with Crippen LogP contribution >= 0.6 is 11.6 Å². The number of hydrogen-bond acceptors (Lipinski definition) is 5. The molecular weight excluding hydrogens is 386 g/mol. The molecule has 0 heterocycles. The molecule has 5 nitrogen and oxygen atoms in total. The van der Waals surface area contributed by atoms with E-state index in [0.717, 1.165) is 5.56 Å². The summed E-state index contributed by atoms with van der Waals surface area (Å²) in [6.45, 7) is 3.59. The number of hydrogen-bond donors (Lipinski definition) is 1. The number of aryl methyl sites for hydroxylation is 1. The van der Waals surface area contributed by atoms with Gasteiger partial charge in [0.25, 0.3) is 0 Å². The van der Waals surface area contributed by atoms with E-state index in [0.29, 0.717) is 10.6 Å². The van der Waals surface area contributed by atoms with Gasteiger partial charge in [-0.3, -0.25) is 4.79 Å². The molecule has 0 amide bonds. The average Bonchev–Trinajstić information content (AvgIpc) is 3.34. The molecule has 144 valence electrons. The SMILES string of the molecule is CCOC(=O)[C@@]1(CN)[C@@H](c2cccc(Cl)c2)[C@@H]1S(=O)(=O)c1ccc(C)cc1. The Balaban J connectivity index is 2.12. The summed E-state index contributed by atoms with van der Waals surface area (Å²) in [5, 5.41) is -0.518. The van der Waals surface area contributed by atoms with Gasteiger partial charge >= 0.3 is 5.97 Å². The van der Waals surface area contributed by atoms with E-state index in [1.54, 1.807) is 55.5 Å². The number of carbonyl (C=O) groups is 1. The number of nitrogens with two attached hydrogens (primary N) is 1. The Labute approximate surface area is 164 Å². The summed E-state index contributed by atoms with van der Waals surface area (Å²) in [7, 11) is -3.80. The van der Waals surface area contributed by atoms with Crippen LogP contribution in [-0.2, 0) is 19.4 Å². The maximum absolute atomic E-state index is 13.4. The van der Waals surface area contributed by atoms with Crippen molar-refractivity contribution in [3.63, 3.8) is 0 Å². The van der Waals surface area contributed by atoms with Gasteiger partial charge in [-0.05, 0) is 43.7 Å². The van der Waals surface area contributed by atoms with E-state index in [9.17, 15) is 13.2 Å². The zero-order chi connectivity index (χ0) is 19.8. The first-order chi connectivity index (χ1) is 12.8. The third-order valence-electron chi connectivity index (χ3n) is 5.14. The summed E-state index contributed by atoms with van der Waals surface area (Å²) in [4.78, 5) is 12.9. The summed E-state index contributed by atoms with van der Waals surface area (Å²) in [5.74, 6) is -1.19. The molecule has 1 fully saturated rings. The topological polar surface area (TPSA) is 86.5 Å². The monoisotopic (exact) mass is 407 g/mol. The van der Waals surface area contributed by atoms with Crippen molar-refractivity contribution in [2.45, 2.75) is 29.9 Å². The van der Waals surface area contributed by atoms with Crippen LogP contribution in [0.15, 0.2) is 53.4 Å². The highest BCUT2D eigenvalue weighted by atomic mass is 35.5. The van der Waals surface area contributed by atoms with Crippen LogP contribution in [0.1, 0.15) is 24.0 Å². The van der Waals surface area contributed by atoms with Crippen molar-refractivity contribution in [2.24, 2.45) is 11.1 Å². The lowest BCUT2D eigenvalue weighted by Gasteiger charge is -2.14. The molecule has 3 atom stereocenters. The Morgan fingerprint density at radius 1 is 1.22 bits per heavy atom. The Morgan fingerprint density at radius 2 is 1.89 bits per heavy atom. The van der Waals surface area contributed by atoms with Gasteiger partial charge in [0.2, 0.25) is 0 Å². The van der Waals surface area contributed by atoms with E-state index in [4.69, 9.17) is 22.1 Å². The molecule has 0 saturated heterocycles. The van der Waals surface area contributed by atoms with Gasteiger partial charge in [0.05, 0.1) is 16.8 Å². The lowest BCUT2D eigenvalue weighted by Crippen LogP contribution is -2.33. The molecule has 1 aliphatic rings. The second kappa shape index (κ2) is 7.26. The third kappa shape index (κ3) is 3.26. The first-order valence-corrected chi connectivity index (χ1v) is 10.6. The Morgan fingerprint density at radius 3 is 2.44 bits per heavy atom. The van der Waals surface area contributed by atoms with E-state index < -0.39 is 32.4 Å². The number of carbonyl (C=O) groups excluding carboxylic acids is 1. The zero-order valence-corrected chi connectivity index (χ0v) is 16.8. The van der Waals surface area contributed by atoms with E-state index >= 15 is 0 Å². The van der Waals surface area contributed by atoms with Crippen LogP contribution in [0.25, 0.3) is 0 Å². The summed E-state index contributed by atoms with van der Waals surface area (Å²) in [6.07, 6.45) is 0. The third-order valence-corrected chi connectivity index (χ3v) is 7.67. The molecule has 0 radical (unpaired) electrons. The van der Waals surface area contributed by atoms with Gasteiger partial charge in [-0.25, -0.2) is 8.42 Å². The molecule has 0 aromatic heterocycles. The molecule has 2 N–H and O–H groups in total. The molecule has 2 aromatic carbocycles. The molecule has 27 heavy (non-hydrogen) atoms. The van der Waals surface area contributed by atoms with Gasteiger partial charge in [-0.2, -0.15) is 0 Å². The van der Waals surface area contributed by atoms with Crippen molar-refractivity contribution >= 4 is 27.4 Å². The number of ether oxygens (including phenoxy) is 1. The fraction of sp³-hybridized carbons (Fsp3) is 0.350. The van der Waals surface area contributed by atoms with Crippen LogP contribution < -0.4 is 5.73 Å². The van der Waals surface area contributed by atoms with Gasteiger partial charge in [0.1, 0.15) is 5.41 Å². The highest BCUT2D eigenvalue weighted by Gasteiger charge is 2.75. The summed E-state index contributed by atoms with van der Waals surface area (Å²) < 4.78 is 31.9. The van der Waals surface area contributed by atoms with E-state index in [1.807, 2.05) is 6.92 Å². The van der Waals surface area contributed by atoms with E-state index in [-0.39, 0.29) is 18.0 Å². The van der Waals surface area contributed by atoms with Crippen LogP contribution in [-0.4, -0.2) is 32.8 Å². The van der Waals surface area contributed by atoms with Crippen molar-refractivity contribution in [3.8, 4) is 0 Å². The van der Waals surface area contributed by atoms with Crippen molar-refractivity contribution in [1.82, 2.24) is 0 Å². The first kappa shape index (κ1) is 19.9. The summed E-state index contributed by atoms with van der Waals surface area (Å²) in [6, 6.07) is 13.5. The van der Waals surface area contributed by atoms with Crippen LogP contribution in [0, 0.1) is 12.3 Å². The number of halogens is 1. The second-order valence-corrected chi connectivity index (χ2v) is 9.28. The van der Waals surface area contributed by atoms with Gasteiger partial charge < -0.3 is 10.5 Å². The molecule has 3 rings (SSSR count). The number of sulfone groups is 1. The molecule has 1 aliphatic carbocycles. The highest BCUT2D eigenvalue weighted by molar-refractivity contribution is 7.92. The van der Waals surface area contributed by atoms with Crippen LogP contribution in [0.2, 0.25) is 5.02 Å². The lowest BCUT2D eigenvalue weighted by atomic mass is 9.99.